The van der Waals surface area contributed by atoms with E-state index in [-0.39, 0.29) is 11.3 Å². The Morgan fingerprint density at radius 1 is 1.18 bits per heavy atom. The Labute approximate surface area is 163 Å². The summed E-state index contributed by atoms with van der Waals surface area (Å²) < 4.78 is 5.46. The van der Waals surface area contributed by atoms with Crippen molar-refractivity contribution >= 4 is 17.4 Å². The smallest absolute Gasteiger partial charge is 0.295 e. The molecule has 0 aliphatic carbocycles. The van der Waals surface area contributed by atoms with Gasteiger partial charge in [-0.25, -0.2) is 0 Å². The van der Waals surface area contributed by atoms with Crippen molar-refractivity contribution in [3.8, 4) is 5.75 Å². The van der Waals surface area contributed by atoms with Crippen molar-refractivity contribution in [1.29, 1.82) is 0 Å². The van der Waals surface area contributed by atoms with Crippen molar-refractivity contribution in [2.75, 3.05) is 34.3 Å². The van der Waals surface area contributed by atoms with Gasteiger partial charge in [-0.05, 0) is 32.3 Å². The van der Waals surface area contributed by atoms with E-state index in [1.165, 1.54) is 24.4 Å². The van der Waals surface area contributed by atoms with Crippen molar-refractivity contribution < 1.29 is 19.4 Å². The third-order valence-corrected chi connectivity index (χ3v) is 4.72. The van der Waals surface area contributed by atoms with Gasteiger partial charge in [0.1, 0.15) is 11.5 Å². The Morgan fingerprint density at radius 2 is 1.86 bits per heavy atom. The van der Waals surface area contributed by atoms with E-state index in [2.05, 4.69) is 4.98 Å². The summed E-state index contributed by atoms with van der Waals surface area (Å²) in [7, 11) is 5.32. The maximum absolute atomic E-state index is 12.9. The number of ether oxygens (including phenoxy) is 1. The fraction of sp³-hybridized carbons (Fsp3) is 0.286. The number of aliphatic hydroxyl groups is 1. The lowest BCUT2D eigenvalue weighted by molar-refractivity contribution is -0.140. The number of ketones is 1. The fourth-order valence-corrected chi connectivity index (χ4v) is 3.30. The van der Waals surface area contributed by atoms with Crippen LogP contribution in [0.2, 0.25) is 0 Å². The molecule has 1 saturated heterocycles. The Balaban J connectivity index is 2.18. The van der Waals surface area contributed by atoms with Gasteiger partial charge < -0.3 is 19.6 Å². The molecule has 1 fully saturated rings. The van der Waals surface area contributed by atoms with Crippen LogP contribution in [0, 0.1) is 0 Å². The normalized spacial score (nSPS) is 18.7. The molecule has 0 radical (unpaired) electrons. The zero-order chi connectivity index (χ0) is 20.3. The van der Waals surface area contributed by atoms with Crippen LogP contribution >= 0.6 is 0 Å². The molecule has 1 aromatic carbocycles. The van der Waals surface area contributed by atoms with E-state index in [0.717, 1.165) is 0 Å². The second kappa shape index (κ2) is 8.22. The zero-order valence-electron chi connectivity index (χ0n) is 16.1. The molecule has 3 rings (SSSR count). The molecule has 7 nitrogen and oxygen atoms in total. The van der Waals surface area contributed by atoms with Crippen LogP contribution in [-0.2, 0) is 9.59 Å². The number of likely N-dealkylation sites (tertiary alicyclic amines) is 1. The van der Waals surface area contributed by atoms with Gasteiger partial charge in [0.25, 0.3) is 11.7 Å². The van der Waals surface area contributed by atoms with E-state index in [0.29, 0.717) is 30.0 Å². The molecule has 1 aliphatic heterocycles. The van der Waals surface area contributed by atoms with Gasteiger partial charge in [0.2, 0.25) is 0 Å². The van der Waals surface area contributed by atoms with Gasteiger partial charge in [-0.15, -0.1) is 0 Å². The number of benzene rings is 1. The lowest BCUT2D eigenvalue weighted by Gasteiger charge is -2.27. The molecule has 28 heavy (non-hydrogen) atoms. The lowest BCUT2D eigenvalue weighted by Crippen LogP contribution is -2.35. The molecule has 7 heteroatoms. The maximum atomic E-state index is 12.9. The number of hydrogen-bond donors (Lipinski definition) is 1. The van der Waals surface area contributed by atoms with Crippen LogP contribution < -0.4 is 4.74 Å². The Kier molecular flexibility index (Phi) is 5.75. The summed E-state index contributed by atoms with van der Waals surface area (Å²) in [6, 6.07) is 9.67. The number of likely N-dealkylation sites (N-methyl/N-ethyl adjacent to an activating group) is 1. The number of rotatable bonds is 6. The molecule has 0 spiro atoms. The van der Waals surface area contributed by atoms with Crippen molar-refractivity contribution in [2.45, 2.75) is 6.04 Å². The number of para-hydroxylation sites is 1. The molecule has 1 N–H and O–H groups in total. The first kappa shape index (κ1) is 19.6. The van der Waals surface area contributed by atoms with Crippen LogP contribution in [0.4, 0.5) is 0 Å². The van der Waals surface area contributed by atoms with Gasteiger partial charge in [-0.2, -0.15) is 0 Å². The Morgan fingerprint density at radius 3 is 2.50 bits per heavy atom. The molecule has 1 amide bonds. The largest absolute Gasteiger partial charge is 0.507 e. The topological polar surface area (TPSA) is 83.0 Å². The third-order valence-electron chi connectivity index (χ3n) is 4.72. The molecule has 1 unspecified atom stereocenters. The first-order valence-corrected chi connectivity index (χ1v) is 8.92. The fourth-order valence-electron chi connectivity index (χ4n) is 3.30. The minimum absolute atomic E-state index is 0.0551. The van der Waals surface area contributed by atoms with E-state index in [1.54, 1.807) is 24.3 Å². The van der Waals surface area contributed by atoms with E-state index < -0.39 is 17.7 Å². The number of Topliss-reactive ketones (excluding diaryl/α,β-unsaturated/α-hetero) is 1. The van der Waals surface area contributed by atoms with Crippen molar-refractivity contribution in [3.05, 3.63) is 65.5 Å². The molecule has 1 atom stereocenters. The van der Waals surface area contributed by atoms with Crippen molar-refractivity contribution in [1.82, 2.24) is 14.8 Å². The zero-order valence-corrected chi connectivity index (χ0v) is 16.1. The number of carbonyl (C=O) groups is 2. The number of amides is 1. The minimum Gasteiger partial charge on any atom is -0.507 e. The molecule has 0 bridgehead atoms. The summed E-state index contributed by atoms with van der Waals surface area (Å²) in [5.74, 6) is -1.01. The second-order valence-corrected chi connectivity index (χ2v) is 6.77. The first-order chi connectivity index (χ1) is 13.5. The predicted molar refractivity (Wildman–Crippen MR) is 105 cm³/mol. The molecule has 2 aromatic rings. The highest BCUT2D eigenvalue weighted by molar-refractivity contribution is 6.46. The quantitative estimate of drug-likeness (QED) is 0.469. The molecule has 0 saturated carbocycles. The number of carbonyl (C=O) groups excluding carboxylic acids is 2. The summed E-state index contributed by atoms with van der Waals surface area (Å²) in [5.41, 5.74) is 1.14. The summed E-state index contributed by atoms with van der Waals surface area (Å²) in [6.45, 7) is 0.918. The van der Waals surface area contributed by atoms with Crippen LogP contribution in [0.25, 0.3) is 5.76 Å². The number of methoxy groups -OCH3 is 1. The van der Waals surface area contributed by atoms with Gasteiger partial charge >= 0.3 is 0 Å². The highest BCUT2D eigenvalue weighted by atomic mass is 16.5. The second-order valence-electron chi connectivity index (χ2n) is 6.77. The van der Waals surface area contributed by atoms with Gasteiger partial charge in [-0.3, -0.25) is 14.6 Å². The van der Waals surface area contributed by atoms with Crippen LogP contribution in [0.15, 0.2) is 54.4 Å². The molecule has 1 aromatic heterocycles. The van der Waals surface area contributed by atoms with Gasteiger partial charge in [0, 0.05) is 36.6 Å². The number of hydrogen-bond acceptors (Lipinski definition) is 6. The Hall–Kier alpha value is -3.19. The van der Waals surface area contributed by atoms with Crippen LogP contribution in [0.5, 0.6) is 5.75 Å². The van der Waals surface area contributed by atoms with E-state index in [4.69, 9.17) is 4.74 Å². The van der Waals surface area contributed by atoms with E-state index in [9.17, 15) is 14.7 Å². The number of nitrogens with zero attached hydrogens (tertiary/aromatic N) is 3. The highest BCUT2D eigenvalue weighted by Gasteiger charge is 2.46. The average Bonchev–Trinajstić information content (AvgIpc) is 2.96. The average molecular weight is 381 g/mol. The minimum atomic E-state index is -0.732. The van der Waals surface area contributed by atoms with Crippen molar-refractivity contribution in [3.63, 3.8) is 0 Å². The molecular formula is C21H23N3O4. The summed E-state index contributed by atoms with van der Waals surface area (Å²) in [4.78, 5) is 33.0. The molecule has 146 valence electrons. The van der Waals surface area contributed by atoms with Gasteiger partial charge in [-0.1, -0.05) is 18.2 Å². The molecule has 1 aliphatic rings. The number of pyridine rings is 1. The summed E-state index contributed by atoms with van der Waals surface area (Å²) in [5, 5.41) is 10.9. The maximum Gasteiger partial charge on any atom is 0.295 e. The number of aromatic nitrogens is 1. The monoisotopic (exact) mass is 381 g/mol. The van der Waals surface area contributed by atoms with Gasteiger partial charge in [0.15, 0.2) is 0 Å². The molecular weight excluding hydrogens is 358 g/mol. The standard InChI is InChI=1S/C21H23N3O4/c1-23(2)12-13-24-18(15-6-4-5-7-16(15)28-3)17(20(26)21(24)27)19(25)14-8-10-22-11-9-14/h4-11,18,25H,12-13H2,1-3H3/b19-17-. The highest BCUT2D eigenvalue weighted by Crippen LogP contribution is 2.42. The Bertz CT molecular complexity index is 909. The van der Waals surface area contributed by atoms with Crippen LogP contribution in [0.1, 0.15) is 17.2 Å². The lowest BCUT2D eigenvalue weighted by atomic mass is 9.95. The van der Waals surface area contributed by atoms with Crippen LogP contribution in [-0.4, -0.2) is 65.9 Å². The van der Waals surface area contributed by atoms with Gasteiger partial charge in [0.05, 0.1) is 18.7 Å². The van der Waals surface area contributed by atoms with Crippen LogP contribution in [0.3, 0.4) is 0 Å². The predicted octanol–water partition coefficient (Wildman–Crippen LogP) is 2.07. The summed E-state index contributed by atoms with van der Waals surface area (Å²) in [6.07, 6.45) is 3.05. The first-order valence-electron chi connectivity index (χ1n) is 8.92. The SMILES string of the molecule is COc1ccccc1C1/C(=C(/O)c2ccncc2)C(=O)C(=O)N1CCN(C)C. The summed E-state index contributed by atoms with van der Waals surface area (Å²) >= 11 is 0. The van der Waals surface area contributed by atoms with E-state index >= 15 is 0 Å². The molecule has 2 heterocycles. The third kappa shape index (κ3) is 3.61. The van der Waals surface area contributed by atoms with Crippen molar-refractivity contribution in [2.24, 2.45) is 0 Å². The van der Waals surface area contributed by atoms with E-state index in [1.807, 2.05) is 31.1 Å². The number of aliphatic hydroxyl groups excluding tert-OH is 1.